The van der Waals surface area contributed by atoms with Crippen molar-refractivity contribution in [2.24, 2.45) is 11.7 Å². The molecule has 1 aromatic carbocycles. The molecule has 12 nitrogen and oxygen atoms in total. The molecule has 0 bridgehead atoms. The number of carbonyl (C=O) groups excluding carboxylic acids is 4. The van der Waals surface area contributed by atoms with Gasteiger partial charge < -0.3 is 38.9 Å². The lowest BCUT2D eigenvalue weighted by atomic mass is 9.86. The van der Waals surface area contributed by atoms with Crippen molar-refractivity contribution in [2.75, 3.05) is 13.7 Å². The molecule has 12 heteroatoms. The molecule has 0 amide bonds. The van der Waals surface area contributed by atoms with Gasteiger partial charge in [0.1, 0.15) is 22.8 Å². The highest BCUT2D eigenvalue weighted by molar-refractivity contribution is 5.81. The molecular formula is C31H49NO11. The van der Waals surface area contributed by atoms with E-state index in [2.05, 4.69) is 0 Å². The Morgan fingerprint density at radius 1 is 0.837 bits per heavy atom. The van der Waals surface area contributed by atoms with Crippen molar-refractivity contribution in [1.82, 2.24) is 0 Å². The molecule has 2 N–H and O–H groups in total. The Kier molecular flexibility index (Phi) is 14.2. The summed E-state index contributed by atoms with van der Waals surface area (Å²) < 4.78 is 36.9. The quantitative estimate of drug-likeness (QED) is 0.131. The summed E-state index contributed by atoms with van der Waals surface area (Å²) in [5.41, 5.74) is 3.68. The lowest BCUT2D eigenvalue weighted by Crippen LogP contribution is -2.53. The second-order valence-corrected chi connectivity index (χ2v) is 12.2. The van der Waals surface area contributed by atoms with E-state index >= 15 is 0 Å². The maximum atomic E-state index is 12.8. The molecule has 0 aromatic heterocycles. The van der Waals surface area contributed by atoms with Gasteiger partial charge in [-0.1, -0.05) is 33.8 Å². The summed E-state index contributed by atoms with van der Waals surface area (Å²) in [6, 6.07) is 4.31. The molecule has 0 aliphatic heterocycles. The molecule has 0 heterocycles. The van der Waals surface area contributed by atoms with Crippen LogP contribution in [0.4, 0.5) is 14.4 Å². The molecule has 1 unspecified atom stereocenters. The van der Waals surface area contributed by atoms with Gasteiger partial charge >= 0.3 is 24.4 Å². The number of hydrogen-bond donors (Lipinski definition) is 1. The number of hydrogen-bond acceptors (Lipinski definition) is 12. The van der Waals surface area contributed by atoms with Crippen LogP contribution in [0, 0.1) is 5.92 Å². The molecule has 43 heavy (non-hydrogen) atoms. The number of methoxy groups -OCH3 is 1. The molecule has 0 spiro atoms. The Labute approximate surface area is 254 Å². The highest BCUT2D eigenvalue weighted by Crippen LogP contribution is 2.33. The van der Waals surface area contributed by atoms with Gasteiger partial charge in [-0.15, -0.1) is 0 Å². The molecule has 0 radical (unpaired) electrons. The van der Waals surface area contributed by atoms with Gasteiger partial charge in [-0.25, -0.2) is 14.4 Å². The second kappa shape index (κ2) is 16.3. The number of rotatable bonds is 15. The van der Waals surface area contributed by atoms with E-state index in [4.69, 9.17) is 38.9 Å². The molecule has 0 saturated carbocycles. The maximum absolute atomic E-state index is 12.8. The molecule has 244 valence electrons. The van der Waals surface area contributed by atoms with Crippen LogP contribution in [0.15, 0.2) is 18.2 Å². The third kappa shape index (κ3) is 13.5. The van der Waals surface area contributed by atoms with Gasteiger partial charge in [0.05, 0.1) is 13.7 Å². The van der Waals surface area contributed by atoms with E-state index in [1.807, 2.05) is 27.7 Å². The van der Waals surface area contributed by atoms with Gasteiger partial charge in [0.15, 0.2) is 11.5 Å². The maximum Gasteiger partial charge on any atom is 0.514 e. The van der Waals surface area contributed by atoms with Crippen LogP contribution in [-0.2, 0) is 34.9 Å². The third-order valence-electron chi connectivity index (χ3n) is 6.79. The first-order valence-corrected chi connectivity index (χ1v) is 14.5. The first kappa shape index (κ1) is 37.5. The van der Waals surface area contributed by atoms with Crippen LogP contribution in [0.1, 0.15) is 93.6 Å². The van der Waals surface area contributed by atoms with Crippen LogP contribution in [0.25, 0.3) is 0 Å². The van der Waals surface area contributed by atoms with Crippen molar-refractivity contribution in [3.05, 3.63) is 23.8 Å². The molecule has 1 rings (SSSR count). The minimum absolute atomic E-state index is 0.113. The molecule has 0 aliphatic carbocycles. The fourth-order valence-corrected chi connectivity index (χ4v) is 3.57. The predicted octanol–water partition coefficient (Wildman–Crippen LogP) is 6.49. The van der Waals surface area contributed by atoms with E-state index in [1.54, 1.807) is 34.6 Å². The molecule has 2 atom stereocenters. The Bertz CT molecular complexity index is 1100. The first-order valence-electron chi connectivity index (χ1n) is 14.5. The number of esters is 1. The average molecular weight is 612 g/mol. The van der Waals surface area contributed by atoms with Crippen molar-refractivity contribution < 1.29 is 52.3 Å². The van der Waals surface area contributed by atoms with Gasteiger partial charge in [-0.2, -0.15) is 0 Å². The summed E-state index contributed by atoms with van der Waals surface area (Å²) in [6.07, 6.45) is -2.21. The van der Waals surface area contributed by atoms with E-state index in [0.717, 1.165) is 0 Å². The number of carbonyl (C=O) groups is 4. The van der Waals surface area contributed by atoms with Crippen molar-refractivity contribution in [3.8, 4) is 11.5 Å². The lowest BCUT2D eigenvalue weighted by molar-refractivity contribution is -0.148. The van der Waals surface area contributed by atoms with E-state index in [-0.39, 0.29) is 30.9 Å². The normalized spacial score (nSPS) is 13.8. The summed E-state index contributed by atoms with van der Waals surface area (Å²) in [5, 5.41) is 0. The second-order valence-electron chi connectivity index (χ2n) is 12.2. The van der Waals surface area contributed by atoms with Gasteiger partial charge in [0.2, 0.25) is 0 Å². The largest absolute Gasteiger partial charge is 0.514 e. The van der Waals surface area contributed by atoms with Crippen molar-refractivity contribution in [3.63, 3.8) is 0 Å². The van der Waals surface area contributed by atoms with Crippen molar-refractivity contribution in [2.45, 2.75) is 117 Å². The Morgan fingerprint density at radius 3 is 1.86 bits per heavy atom. The van der Waals surface area contributed by atoms with Crippen LogP contribution >= 0.6 is 0 Å². The topological polar surface area (TPSA) is 159 Å². The summed E-state index contributed by atoms with van der Waals surface area (Å²) in [7, 11) is 1.19. The van der Waals surface area contributed by atoms with Crippen LogP contribution in [0.2, 0.25) is 0 Å². The monoisotopic (exact) mass is 611 g/mol. The zero-order valence-corrected chi connectivity index (χ0v) is 27.2. The van der Waals surface area contributed by atoms with E-state index in [1.165, 1.54) is 25.3 Å². The highest BCUT2D eigenvalue weighted by atomic mass is 16.8. The summed E-state index contributed by atoms with van der Waals surface area (Å²) >= 11 is 0. The Hall–Kier alpha value is -3.54. The summed E-state index contributed by atoms with van der Waals surface area (Å²) in [6.45, 7) is 16.4. The van der Waals surface area contributed by atoms with Gasteiger partial charge in [-0.05, 0) is 77.5 Å². The molecule has 0 saturated heterocycles. The average Bonchev–Trinajstić information content (AvgIpc) is 2.88. The van der Waals surface area contributed by atoms with E-state index in [0.29, 0.717) is 30.7 Å². The SMILES string of the molecule is CCC(C)(C)OC(=O)Oc1ccc(CC(N)(C[C@H](C)OC(=O)OCCC(C)C)C(=O)OC)cc1OC(=O)OC(C)(C)CC. The van der Waals surface area contributed by atoms with Gasteiger partial charge in [-0.3, -0.25) is 4.79 Å². The zero-order chi connectivity index (χ0) is 33.0. The summed E-state index contributed by atoms with van der Waals surface area (Å²) in [5.74, 6) is -0.687. The number of ether oxygens (including phenoxy) is 7. The number of nitrogens with two attached hydrogens (primary N) is 1. The fraction of sp³-hybridized carbons (Fsp3) is 0.677. The highest BCUT2D eigenvalue weighted by Gasteiger charge is 2.39. The Morgan fingerprint density at radius 2 is 1.37 bits per heavy atom. The smallest absolute Gasteiger partial charge is 0.468 e. The molecule has 0 fully saturated rings. The minimum Gasteiger partial charge on any atom is -0.468 e. The van der Waals surface area contributed by atoms with Crippen molar-refractivity contribution in [1.29, 1.82) is 0 Å². The standard InChI is InChI=1S/C31H49NO11/c1-11-29(6,7)42-27(35)40-23-14-13-22(17-24(23)41-28(36)43-30(8,9)12-2)19-31(32,25(33)37-10)18-21(5)39-26(34)38-16-15-20(3)4/h13-14,17,20-21H,11-12,15-16,18-19,32H2,1-10H3/t21-,31?/m0/s1. The van der Waals surface area contributed by atoms with Crippen LogP contribution in [0.5, 0.6) is 11.5 Å². The van der Waals surface area contributed by atoms with E-state index < -0.39 is 47.3 Å². The third-order valence-corrected chi connectivity index (χ3v) is 6.79. The van der Waals surface area contributed by atoms with Gasteiger partial charge in [0, 0.05) is 12.8 Å². The fourth-order valence-electron chi connectivity index (χ4n) is 3.57. The summed E-state index contributed by atoms with van der Waals surface area (Å²) in [4.78, 5) is 50.1. The zero-order valence-electron chi connectivity index (χ0n) is 27.2. The van der Waals surface area contributed by atoms with Crippen LogP contribution in [0.3, 0.4) is 0 Å². The van der Waals surface area contributed by atoms with Crippen molar-refractivity contribution >= 4 is 24.4 Å². The van der Waals surface area contributed by atoms with Crippen LogP contribution in [-0.4, -0.2) is 61.0 Å². The van der Waals surface area contributed by atoms with Crippen LogP contribution < -0.4 is 15.2 Å². The molecule has 1 aromatic rings. The predicted molar refractivity (Wildman–Crippen MR) is 158 cm³/mol. The van der Waals surface area contributed by atoms with E-state index in [9.17, 15) is 19.2 Å². The molecule has 0 aliphatic rings. The lowest BCUT2D eigenvalue weighted by Gasteiger charge is -2.29. The minimum atomic E-state index is -1.65. The Balaban J connectivity index is 3.26. The first-order chi connectivity index (χ1) is 19.8. The molecular weight excluding hydrogens is 562 g/mol. The van der Waals surface area contributed by atoms with Gasteiger partial charge in [0.25, 0.3) is 0 Å². The number of benzene rings is 1.